The number of hydrogen-bond donors (Lipinski definition) is 1. The topological polar surface area (TPSA) is 59.8 Å². The summed E-state index contributed by atoms with van der Waals surface area (Å²) in [5.74, 6) is -0.307. The Morgan fingerprint density at radius 3 is 2.48 bits per heavy atom. The highest BCUT2D eigenvalue weighted by Gasteiger charge is 2.18. The molecule has 0 aliphatic carbocycles. The first-order chi connectivity index (χ1) is 11.8. The van der Waals surface area contributed by atoms with Gasteiger partial charge in [0.05, 0.1) is 11.4 Å². The highest BCUT2D eigenvalue weighted by molar-refractivity contribution is 6.31. The maximum absolute atomic E-state index is 12.6. The summed E-state index contributed by atoms with van der Waals surface area (Å²) >= 11 is 6.01. The molecule has 0 spiro atoms. The lowest BCUT2D eigenvalue weighted by Crippen LogP contribution is -2.15. The van der Waals surface area contributed by atoms with Crippen molar-refractivity contribution in [3.05, 3.63) is 69.5 Å². The van der Waals surface area contributed by atoms with Crippen LogP contribution in [0.15, 0.2) is 36.4 Å². The van der Waals surface area contributed by atoms with Crippen LogP contribution in [0.5, 0.6) is 0 Å². The fourth-order valence-electron chi connectivity index (χ4n) is 2.64. The summed E-state index contributed by atoms with van der Waals surface area (Å²) in [6.07, 6.45) is 0. The quantitative estimate of drug-likeness (QED) is 0.758. The molecule has 0 bridgehead atoms. The number of rotatable bonds is 3. The predicted molar refractivity (Wildman–Crippen MR) is 99.7 cm³/mol. The first-order valence-electron chi connectivity index (χ1n) is 7.94. The Hall–Kier alpha value is -2.66. The zero-order valence-electron chi connectivity index (χ0n) is 14.6. The minimum atomic E-state index is -0.307. The van der Waals surface area contributed by atoms with Crippen molar-refractivity contribution in [3.63, 3.8) is 0 Å². The Morgan fingerprint density at radius 2 is 1.76 bits per heavy atom. The van der Waals surface area contributed by atoms with Crippen molar-refractivity contribution in [2.45, 2.75) is 27.7 Å². The third-order valence-electron chi connectivity index (χ3n) is 4.01. The smallest absolute Gasteiger partial charge is 0.278 e. The number of halogens is 1. The van der Waals surface area contributed by atoms with Gasteiger partial charge in [0.15, 0.2) is 5.69 Å². The Morgan fingerprint density at radius 1 is 1.00 bits per heavy atom. The van der Waals surface area contributed by atoms with Crippen LogP contribution in [0.25, 0.3) is 5.69 Å². The van der Waals surface area contributed by atoms with E-state index in [2.05, 4.69) is 21.6 Å². The third kappa shape index (κ3) is 3.56. The van der Waals surface area contributed by atoms with Gasteiger partial charge in [-0.05, 0) is 57.0 Å². The van der Waals surface area contributed by atoms with Gasteiger partial charge in [-0.15, -0.1) is 5.10 Å². The van der Waals surface area contributed by atoms with Gasteiger partial charge in [-0.3, -0.25) is 4.79 Å². The van der Waals surface area contributed by atoms with Crippen molar-refractivity contribution >= 4 is 23.2 Å². The molecule has 0 atom stereocenters. The molecule has 0 unspecified atom stereocenters. The minimum Gasteiger partial charge on any atom is -0.320 e. The number of nitrogens with zero attached hydrogens (tertiary/aromatic N) is 3. The van der Waals surface area contributed by atoms with E-state index in [9.17, 15) is 4.79 Å². The number of nitrogens with one attached hydrogen (secondary N) is 1. The van der Waals surface area contributed by atoms with Gasteiger partial charge in [0.25, 0.3) is 5.91 Å². The maximum atomic E-state index is 12.6. The number of carbonyl (C=O) groups is 1. The Kier molecular flexibility index (Phi) is 4.59. The summed E-state index contributed by atoms with van der Waals surface area (Å²) in [6, 6.07) is 11.4. The molecular formula is C19H19ClN4O. The molecule has 3 rings (SSSR count). The van der Waals surface area contributed by atoms with Crippen LogP contribution >= 0.6 is 11.6 Å². The molecular weight excluding hydrogens is 336 g/mol. The van der Waals surface area contributed by atoms with E-state index < -0.39 is 0 Å². The van der Waals surface area contributed by atoms with Crippen LogP contribution in [0.4, 0.5) is 5.69 Å². The largest absolute Gasteiger partial charge is 0.320 e. The van der Waals surface area contributed by atoms with Gasteiger partial charge in [-0.25, -0.2) is 0 Å². The first-order valence-corrected chi connectivity index (χ1v) is 8.32. The predicted octanol–water partition coefficient (Wildman–Crippen LogP) is 4.41. The number of amides is 1. The molecule has 128 valence electrons. The van der Waals surface area contributed by atoms with Crippen LogP contribution in [0.3, 0.4) is 0 Å². The zero-order valence-corrected chi connectivity index (χ0v) is 15.3. The molecule has 2 aromatic carbocycles. The summed E-state index contributed by atoms with van der Waals surface area (Å²) in [6.45, 7) is 7.71. The minimum absolute atomic E-state index is 0.291. The van der Waals surface area contributed by atoms with Crippen molar-refractivity contribution in [2.75, 3.05) is 5.32 Å². The number of aromatic nitrogens is 3. The van der Waals surface area contributed by atoms with Gasteiger partial charge in [0.2, 0.25) is 0 Å². The summed E-state index contributed by atoms with van der Waals surface area (Å²) < 4.78 is 0. The van der Waals surface area contributed by atoms with Crippen molar-refractivity contribution in [1.82, 2.24) is 15.0 Å². The third-order valence-corrected chi connectivity index (χ3v) is 4.25. The van der Waals surface area contributed by atoms with Crippen molar-refractivity contribution < 1.29 is 4.79 Å². The van der Waals surface area contributed by atoms with Crippen LogP contribution < -0.4 is 5.32 Å². The number of anilines is 1. The lowest BCUT2D eigenvalue weighted by molar-refractivity contribution is 0.102. The molecule has 25 heavy (non-hydrogen) atoms. The molecule has 1 heterocycles. The van der Waals surface area contributed by atoms with Crippen molar-refractivity contribution in [2.24, 2.45) is 0 Å². The summed E-state index contributed by atoms with van der Waals surface area (Å²) in [4.78, 5) is 14.1. The molecule has 0 saturated carbocycles. The average molecular weight is 355 g/mol. The van der Waals surface area contributed by atoms with E-state index in [1.165, 1.54) is 10.4 Å². The van der Waals surface area contributed by atoms with Gasteiger partial charge in [0, 0.05) is 10.7 Å². The molecule has 0 aliphatic rings. The van der Waals surface area contributed by atoms with Crippen LogP contribution in [-0.4, -0.2) is 20.9 Å². The molecule has 0 saturated heterocycles. The molecule has 1 aromatic heterocycles. The van der Waals surface area contributed by atoms with E-state index in [4.69, 9.17) is 11.6 Å². The van der Waals surface area contributed by atoms with E-state index in [-0.39, 0.29) is 5.91 Å². The van der Waals surface area contributed by atoms with E-state index in [0.717, 1.165) is 16.8 Å². The Balaban J connectivity index is 1.92. The zero-order chi connectivity index (χ0) is 18.1. The highest BCUT2D eigenvalue weighted by Crippen LogP contribution is 2.21. The molecule has 5 nitrogen and oxygen atoms in total. The van der Waals surface area contributed by atoms with Gasteiger partial charge in [-0.2, -0.15) is 9.90 Å². The molecule has 0 fully saturated rings. The molecule has 6 heteroatoms. The summed E-state index contributed by atoms with van der Waals surface area (Å²) in [5.41, 5.74) is 5.52. The monoisotopic (exact) mass is 354 g/mol. The van der Waals surface area contributed by atoms with Gasteiger partial charge >= 0.3 is 0 Å². The lowest BCUT2D eigenvalue weighted by atomic mass is 10.1. The van der Waals surface area contributed by atoms with Crippen LogP contribution in [0, 0.1) is 27.7 Å². The maximum Gasteiger partial charge on any atom is 0.278 e. The summed E-state index contributed by atoms with van der Waals surface area (Å²) in [5, 5.41) is 12.2. The standard InChI is InChI=1S/C19H19ClN4O/c1-11-5-8-17(13(3)9-11)24-22-14(4)18(23-24)19(25)21-16-10-15(20)7-6-12(16)2/h5-10H,1-4H3,(H,21,25). The summed E-state index contributed by atoms with van der Waals surface area (Å²) in [7, 11) is 0. The average Bonchev–Trinajstić information content (AvgIpc) is 2.92. The van der Waals surface area contributed by atoms with Gasteiger partial charge < -0.3 is 5.32 Å². The fraction of sp³-hybridized carbons (Fsp3) is 0.211. The number of carbonyl (C=O) groups excluding carboxylic acids is 1. The van der Waals surface area contributed by atoms with Crippen molar-refractivity contribution in [3.8, 4) is 5.69 Å². The number of hydrogen-bond acceptors (Lipinski definition) is 3. The second-order valence-corrected chi connectivity index (χ2v) is 6.56. The molecule has 1 amide bonds. The van der Waals surface area contributed by atoms with Crippen LogP contribution in [0.2, 0.25) is 5.02 Å². The van der Waals surface area contributed by atoms with E-state index >= 15 is 0 Å². The second-order valence-electron chi connectivity index (χ2n) is 6.13. The molecule has 3 aromatic rings. The second kappa shape index (κ2) is 6.69. The number of aryl methyl sites for hydroxylation is 4. The molecule has 0 radical (unpaired) electrons. The van der Waals surface area contributed by atoms with Crippen LogP contribution in [0.1, 0.15) is 32.9 Å². The highest BCUT2D eigenvalue weighted by atomic mass is 35.5. The van der Waals surface area contributed by atoms with E-state index in [0.29, 0.717) is 22.1 Å². The van der Waals surface area contributed by atoms with E-state index in [1.807, 2.05) is 39.0 Å². The van der Waals surface area contributed by atoms with Crippen LogP contribution in [-0.2, 0) is 0 Å². The fourth-order valence-corrected chi connectivity index (χ4v) is 2.81. The SMILES string of the molecule is Cc1ccc(-n2nc(C)c(C(=O)Nc3cc(Cl)ccc3C)n2)c(C)c1. The van der Waals surface area contributed by atoms with Crippen molar-refractivity contribution in [1.29, 1.82) is 0 Å². The van der Waals surface area contributed by atoms with E-state index in [1.54, 1.807) is 19.1 Å². The number of benzene rings is 2. The van der Waals surface area contributed by atoms with Gasteiger partial charge in [-0.1, -0.05) is 35.4 Å². The van der Waals surface area contributed by atoms with Gasteiger partial charge in [0.1, 0.15) is 0 Å². The Labute approximate surface area is 151 Å². The normalized spacial score (nSPS) is 10.8. The Bertz CT molecular complexity index is 962. The molecule has 1 N–H and O–H groups in total. The first kappa shape index (κ1) is 17.2. The molecule has 0 aliphatic heterocycles. The lowest BCUT2D eigenvalue weighted by Gasteiger charge is -2.07.